The van der Waals surface area contributed by atoms with Gasteiger partial charge >= 0.3 is 12.0 Å². The molecule has 0 bridgehead atoms. The molecule has 0 saturated carbocycles. The molecule has 16 aromatic rings. The number of aryl methyl sites for hydroxylation is 5. The minimum Gasteiger partial charge on any atom is -0.383 e. The van der Waals surface area contributed by atoms with Gasteiger partial charge in [0.05, 0.1) is 29.5 Å². The molecule has 130 heavy (non-hydrogen) atoms. The monoisotopic (exact) mass is 2650 g/mol. The summed E-state index contributed by atoms with van der Waals surface area (Å²) in [7, 11) is 3.96. The van der Waals surface area contributed by atoms with Crippen molar-refractivity contribution in [3.05, 3.63) is 344 Å². The van der Waals surface area contributed by atoms with Crippen molar-refractivity contribution >= 4 is 27.6 Å². The summed E-state index contributed by atoms with van der Waals surface area (Å²) in [5, 5.41) is 32.0. The van der Waals surface area contributed by atoms with Crippen molar-refractivity contribution in [1.29, 1.82) is 10.5 Å². The molecule has 0 saturated heterocycles. The second kappa shape index (κ2) is 45.8. The predicted octanol–water partition coefficient (Wildman–Crippen LogP) is 25.9. The largest absolute Gasteiger partial charge is 0.433 e. The first-order valence-electron chi connectivity index (χ1n) is 40.6. The van der Waals surface area contributed by atoms with E-state index in [9.17, 15) is 50.5 Å². The molecular formula is C101H91F8Ir5N14O2-5. The summed E-state index contributed by atoms with van der Waals surface area (Å²) in [6, 6.07) is 70.5. The zero-order valence-electron chi connectivity index (χ0n) is 73.9. The normalized spacial score (nSPS) is 11.0. The van der Waals surface area contributed by atoms with E-state index in [0.717, 1.165) is 90.2 Å². The quantitative estimate of drug-likeness (QED) is 0.0393. The van der Waals surface area contributed by atoms with Crippen LogP contribution in [0.15, 0.2) is 207 Å². The number of imidazole rings is 5. The van der Waals surface area contributed by atoms with E-state index in [1.54, 1.807) is 56.4 Å². The Kier molecular flexibility index (Phi) is 37.4. The minimum absolute atomic E-state index is 0. The van der Waals surface area contributed by atoms with Gasteiger partial charge in [0.2, 0.25) is 5.95 Å². The van der Waals surface area contributed by atoms with Gasteiger partial charge in [-0.05, 0) is 128 Å². The number of hydrogen-bond donors (Lipinski definition) is 0. The Morgan fingerprint density at radius 2 is 0.762 bits per heavy atom. The molecule has 6 aromatic heterocycles. The van der Waals surface area contributed by atoms with Gasteiger partial charge in [-0.3, -0.25) is 37.5 Å². The van der Waals surface area contributed by atoms with Crippen LogP contribution in [0.25, 0.3) is 101 Å². The standard InChI is InChI=1S/C22H21F4N2.C21H21F2N2.C21H21FN3O2.C19H15FN3.C18H13N4.5Ir/c1-13(2)15-9-7-10-16(14(3)4)20(15)28-12-19(22(24,25)26)27-21(28)17-8-5-6-11-18(17)23;1-13(2)15-9-7-10-16(14(3)4)20(15)25-12-19(23)24-21(25)17-8-5-6-11-18(17)22;1-13(2)15-9-7-10-16(14(3)4)20(15)24-12-19(25(26)27)23-21(24)17-8-5-6-11-18(17)22;1-12-8-13(2)18(14(3)9-12)23-11-15(10-21)22-19(23)16-6-4-5-7-17(16)20;1-21-11-13(10-19)20-18(21)12-7-8-17-15(9-12)14-5-3-4-6-16(14)22(17)2;;;;;/h5-7,9-14H,1-4H3;5-7,9-14H,1-4H3;5-7,9-14H,1-4H3;4-5,7-9,11H,1-3H3;3-6,8-9,11H,1-2H3;;;;;/q5*-1;;;;;. The average molecular weight is 2650 g/mol. The molecular weight excluding hydrogens is 2550 g/mol. The molecule has 0 aliphatic rings. The van der Waals surface area contributed by atoms with Crippen molar-refractivity contribution in [3.63, 3.8) is 0 Å². The topological polar surface area (TPSA) is 185 Å². The second-order valence-electron chi connectivity index (χ2n) is 32.1. The zero-order valence-corrected chi connectivity index (χ0v) is 85.8. The fourth-order valence-electron chi connectivity index (χ4n) is 15.4. The smallest absolute Gasteiger partial charge is 0.383 e. The summed E-state index contributed by atoms with van der Waals surface area (Å²) < 4.78 is 122. The molecule has 6 heterocycles. The Bertz CT molecular complexity index is 6660. The maximum Gasteiger partial charge on any atom is 0.433 e. The van der Waals surface area contributed by atoms with Crippen molar-refractivity contribution < 1.29 is 141 Å². The molecule has 0 aliphatic carbocycles. The Morgan fingerprint density at radius 1 is 0.400 bits per heavy atom. The molecule has 0 amide bonds. The molecule has 5 radical (unpaired) electrons. The average Bonchev–Trinajstić information content (AvgIpc) is 1.57. The van der Waals surface area contributed by atoms with Crippen molar-refractivity contribution in [2.45, 2.75) is 146 Å². The van der Waals surface area contributed by atoms with Crippen LogP contribution in [0.2, 0.25) is 0 Å². The van der Waals surface area contributed by atoms with Gasteiger partial charge in [0.1, 0.15) is 29.7 Å². The number of halogens is 8. The summed E-state index contributed by atoms with van der Waals surface area (Å²) in [6.45, 7) is 30.5. The van der Waals surface area contributed by atoms with E-state index in [-0.39, 0.29) is 187 Å². The number of fused-ring (bicyclic) bond motifs is 3. The van der Waals surface area contributed by atoms with Crippen LogP contribution in [0.3, 0.4) is 0 Å². The molecule has 683 valence electrons. The van der Waals surface area contributed by atoms with Gasteiger partial charge in [-0.2, -0.15) is 28.1 Å². The van der Waals surface area contributed by atoms with E-state index >= 15 is 0 Å². The molecule has 16 nitrogen and oxygen atoms in total. The van der Waals surface area contributed by atoms with Gasteiger partial charge < -0.3 is 37.5 Å². The summed E-state index contributed by atoms with van der Waals surface area (Å²) in [5.41, 5.74) is 15.7. The van der Waals surface area contributed by atoms with Gasteiger partial charge in [0, 0.05) is 185 Å². The molecule has 0 atom stereocenters. The number of nitriles is 2. The molecule has 10 aromatic carbocycles. The number of hydrogen-bond acceptors (Lipinski definition) is 9. The Hall–Kier alpha value is -10.9. The number of rotatable bonds is 16. The third-order valence-electron chi connectivity index (χ3n) is 21.2. The third kappa shape index (κ3) is 23.2. The maximum absolute atomic E-state index is 14.4. The van der Waals surface area contributed by atoms with Crippen molar-refractivity contribution in [3.8, 4) is 91.8 Å². The van der Waals surface area contributed by atoms with Gasteiger partial charge in [0.25, 0.3) is 0 Å². The van der Waals surface area contributed by atoms with Crippen LogP contribution >= 0.6 is 0 Å². The minimum atomic E-state index is -4.64. The molecule has 0 fully saturated rings. The number of benzene rings is 10. The first-order valence-corrected chi connectivity index (χ1v) is 40.6. The number of nitro groups is 1. The van der Waals surface area contributed by atoms with Crippen molar-refractivity contribution in [2.75, 3.05) is 0 Å². The second-order valence-corrected chi connectivity index (χ2v) is 32.1. The van der Waals surface area contributed by atoms with Crippen LogP contribution in [0.5, 0.6) is 0 Å². The molecule has 0 unspecified atom stereocenters. The van der Waals surface area contributed by atoms with E-state index in [1.165, 1.54) is 75.7 Å². The Labute approximate surface area is 819 Å². The number of aromatic nitrogens is 11. The van der Waals surface area contributed by atoms with Crippen LogP contribution in [-0.4, -0.2) is 57.2 Å². The summed E-state index contributed by atoms with van der Waals surface area (Å²) >= 11 is 0. The fourth-order valence-corrected chi connectivity index (χ4v) is 15.4. The fraction of sp³-hybridized carbons (Fsp3) is 0.238. The van der Waals surface area contributed by atoms with E-state index in [1.807, 2.05) is 139 Å². The van der Waals surface area contributed by atoms with Crippen LogP contribution < -0.4 is 0 Å². The van der Waals surface area contributed by atoms with Crippen LogP contribution in [0.1, 0.15) is 186 Å². The van der Waals surface area contributed by atoms with Crippen molar-refractivity contribution in [1.82, 2.24) is 52.3 Å². The van der Waals surface area contributed by atoms with Crippen LogP contribution in [0.4, 0.5) is 40.9 Å². The molecule has 0 N–H and O–H groups in total. The van der Waals surface area contributed by atoms with Crippen LogP contribution in [-0.2, 0) is 121 Å². The summed E-state index contributed by atoms with van der Waals surface area (Å²) in [5.74, 6) is -0.664. The van der Waals surface area contributed by atoms with Gasteiger partial charge in [-0.15, -0.1) is 121 Å². The van der Waals surface area contributed by atoms with E-state index < -0.39 is 46.0 Å². The molecule has 29 heteroatoms. The van der Waals surface area contributed by atoms with E-state index in [2.05, 4.69) is 159 Å². The Morgan fingerprint density at radius 3 is 1.15 bits per heavy atom. The van der Waals surface area contributed by atoms with Gasteiger partial charge in [-0.25, -0.2) is 0 Å². The Balaban J connectivity index is 0.000000221. The first-order chi connectivity index (χ1) is 59.5. The summed E-state index contributed by atoms with van der Waals surface area (Å²) in [4.78, 5) is 31.3. The zero-order chi connectivity index (χ0) is 90.3. The van der Waals surface area contributed by atoms with E-state index in [4.69, 9.17) is 5.26 Å². The third-order valence-corrected chi connectivity index (χ3v) is 21.2. The SMILES string of the molecule is CC(C)c1cccc(C(C)C)c1-n1cc(C(F)(F)F)nc1-c1[c-]cccc1F.CC(C)c1cccc(C(C)C)c1-n1cc(F)nc1-c1[c-]cccc1F.CC(C)c1cccc(C(C)C)c1-n1cc([N+](=O)[O-])nc1-c1[c-]cccc1F.Cc1cc(C)c(-n2cc(C#N)nc2-c2[c-]cccc2F)c(C)c1.Cn1cc(C#N)nc1-c1[c-]cc2c(c1)c1ccccc1n2C.[Ir].[Ir].[Ir].[Ir].[Ir]. The number of nitrogens with zero attached hydrogens (tertiary/aromatic N) is 14. The molecule has 0 aliphatic heterocycles. The number of para-hydroxylation sites is 4. The maximum atomic E-state index is 14.4. The van der Waals surface area contributed by atoms with Gasteiger partial charge in [0.15, 0.2) is 11.5 Å². The molecule has 16 rings (SSSR count). The number of alkyl halides is 3. The first kappa shape index (κ1) is 106. The van der Waals surface area contributed by atoms with Crippen molar-refractivity contribution in [2.24, 2.45) is 14.1 Å². The van der Waals surface area contributed by atoms with E-state index in [0.29, 0.717) is 17.2 Å². The van der Waals surface area contributed by atoms with Gasteiger partial charge in [-0.1, -0.05) is 201 Å². The summed E-state index contributed by atoms with van der Waals surface area (Å²) in [6.07, 6.45) is 2.36. The molecule has 0 spiro atoms. The predicted molar refractivity (Wildman–Crippen MR) is 472 cm³/mol. The van der Waals surface area contributed by atoms with Crippen LogP contribution in [0, 0.1) is 113 Å².